The molecular weight excluding hydrogens is 200 g/mol. The van der Waals surface area contributed by atoms with E-state index in [1.807, 2.05) is 25.1 Å². The second-order valence-corrected chi connectivity index (χ2v) is 3.86. The van der Waals surface area contributed by atoms with E-state index < -0.39 is 0 Å². The second-order valence-electron chi connectivity index (χ2n) is 2.85. The maximum absolute atomic E-state index is 8.65. The fourth-order valence-electron chi connectivity index (χ4n) is 0.909. The van der Waals surface area contributed by atoms with E-state index in [1.165, 1.54) is 11.3 Å². The fourth-order valence-corrected chi connectivity index (χ4v) is 1.80. The number of thiazole rings is 1. The summed E-state index contributed by atoms with van der Waals surface area (Å²) in [7, 11) is 5.44. The number of methoxy groups -OCH3 is 1. The van der Waals surface area contributed by atoms with E-state index in [0.717, 1.165) is 10.0 Å². The Balaban J connectivity index is 2.96. The van der Waals surface area contributed by atoms with Gasteiger partial charge in [0.1, 0.15) is 0 Å². The van der Waals surface area contributed by atoms with Crippen LogP contribution in [0, 0.1) is 0 Å². The number of anilines is 1. The molecule has 4 nitrogen and oxygen atoms in total. The SMILES string of the molecule is COc1nc(N(C)C)sc1C=CCO. The third-order valence-electron chi connectivity index (χ3n) is 1.56. The van der Waals surface area contributed by atoms with Crippen LogP contribution in [0.3, 0.4) is 0 Å². The first-order valence-corrected chi connectivity index (χ1v) is 5.00. The minimum absolute atomic E-state index is 0.0261. The first kappa shape index (κ1) is 11.0. The minimum atomic E-state index is 0.0261. The lowest BCUT2D eigenvalue weighted by Crippen LogP contribution is -2.07. The number of aliphatic hydroxyl groups is 1. The van der Waals surface area contributed by atoms with Gasteiger partial charge in [-0.15, -0.1) is 0 Å². The smallest absolute Gasteiger partial charge is 0.233 e. The zero-order valence-corrected chi connectivity index (χ0v) is 9.34. The molecule has 1 aromatic rings. The van der Waals surface area contributed by atoms with Crippen LogP contribution in [0.2, 0.25) is 0 Å². The predicted octanol–water partition coefficient (Wildman–Crippen LogP) is 1.22. The Kier molecular flexibility index (Phi) is 3.91. The summed E-state index contributed by atoms with van der Waals surface area (Å²) >= 11 is 1.52. The minimum Gasteiger partial charge on any atom is -0.480 e. The Morgan fingerprint density at radius 3 is 2.79 bits per heavy atom. The van der Waals surface area contributed by atoms with Gasteiger partial charge in [-0.25, -0.2) is 0 Å². The molecule has 1 aromatic heterocycles. The predicted molar refractivity (Wildman–Crippen MR) is 59.1 cm³/mol. The maximum atomic E-state index is 8.65. The topological polar surface area (TPSA) is 45.6 Å². The van der Waals surface area contributed by atoms with Gasteiger partial charge in [0.05, 0.1) is 18.6 Å². The average molecular weight is 214 g/mol. The maximum Gasteiger partial charge on any atom is 0.233 e. The normalized spacial score (nSPS) is 10.9. The summed E-state index contributed by atoms with van der Waals surface area (Å²) in [6, 6.07) is 0. The van der Waals surface area contributed by atoms with Crippen molar-refractivity contribution in [2.45, 2.75) is 0 Å². The molecule has 78 valence electrons. The highest BCUT2D eigenvalue weighted by atomic mass is 32.1. The molecule has 1 rings (SSSR count). The summed E-state index contributed by atoms with van der Waals surface area (Å²) in [5.74, 6) is 0.600. The summed E-state index contributed by atoms with van der Waals surface area (Å²) in [6.07, 6.45) is 3.47. The third-order valence-corrected chi connectivity index (χ3v) is 2.73. The Hall–Kier alpha value is -1.07. The molecule has 0 aromatic carbocycles. The fraction of sp³-hybridized carbons (Fsp3) is 0.444. The number of hydrogen-bond acceptors (Lipinski definition) is 5. The third kappa shape index (κ3) is 2.46. The molecule has 14 heavy (non-hydrogen) atoms. The number of aromatic nitrogens is 1. The lowest BCUT2D eigenvalue weighted by atomic mass is 10.4. The van der Waals surface area contributed by atoms with Crippen molar-refractivity contribution in [1.29, 1.82) is 0 Å². The number of aliphatic hydroxyl groups excluding tert-OH is 1. The highest BCUT2D eigenvalue weighted by Crippen LogP contribution is 2.31. The quantitative estimate of drug-likeness (QED) is 0.818. The number of ether oxygens (including phenoxy) is 1. The number of rotatable bonds is 4. The van der Waals surface area contributed by atoms with Gasteiger partial charge in [-0.1, -0.05) is 17.4 Å². The standard InChI is InChI=1S/C9H14N2O2S/c1-11(2)9-10-8(13-3)7(14-9)5-4-6-12/h4-5,12H,6H2,1-3H3. The van der Waals surface area contributed by atoms with Gasteiger partial charge in [0.25, 0.3) is 0 Å². The molecule has 1 heterocycles. The molecule has 0 amide bonds. The number of hydrogen-bond donors (Lipinski definition) is 1. The van der Waals surface area contributed by atoms with E-state index in [-0.39, 0.29) is 6.61 Å². The van der Waals surface area contributed by atoms with Gasteiger partial charge in [0.15, 0.2) is 5.13 Å². The van der Waals surface area contributed by atoms with Crippen LogP contribution in [0.1, 0.15) is 4.88 Å². The van der Waals surface area contributed by atoms with E-state index >= 15 is 0 Å². The van der Waals surface area contributed by atoms with E-state index in [2.05, 4.69) is 4.98 Å². The molecule has 0 unspecified atom stereocenters. The molecule has 1 N–H and O–H groups in total. The van der Waals surface area contributed by atoms with Crippen molar-refractivity contribution in [2.24, 2.45) is 0 Å². The molecule has 0 aliphatic rings. The van der Waals surface area contributed by atoms with Gasteiger partial charge in [-0.2, -0.15) is 4.98 Å². The molecule has 0 aliphatic carbocycles. The molecular formula is C9H14N2O2S. The van der Waals surface area contributed by atoms with Crippen LogP contribution in [0.5, 0.6) is 5.88 Å². The lowest BCUT2D eigenvalue weighted by molar-refractivity contribution is 0.343. The first-order valence-electron chi connectivity index (χ1n) is 4.18. The van der Waals surface area contributed by atoms with Gasteiger partial charge in [-0.3, -0.25) is 0 Å². The number of nitrogens with zero attached hydrogens (tertiary/aromatic N) is 2. The van der Waals surface area contributed by atoms with Gasteiger partial charge in [0, 0.05) is 14.1 Å². The molecule has 0 radical (unpaired) electrons. The summed E-state index contributed by atoms with van der Waals surface area (Å²) in [5.41, 5.74) is 0. The van der Waals surface area contributed by atoms with E-state index in [0.29, 0.717) is 5.88 Å². The zero-order chi connectivity index (χ0) is 10.6. The largest absolute Gasteiger partial charge is 0.480 e. The second kappa shape index (κ2) is 4.97. The van der Waals surface area contributed by atoms with Crippen LogP contribution in [-0.4, -0.2) is 37.9 Å². The first-order chi connectivity index (χ1) is 6.69. The Morgan fingerprint density at radius 1 is 1.57 bits per heavy atom. The van der Waals surface area contributed by atoms with Crippen molar-refractivity contribution in [3.8, 4) is 5.88 Å². The summed E-state index contributed by atoms with van der Waals surface area (Å²) < 4.78 is 5.11. The van der Waals surface area contributed by atoms with Crippen LogP contribution in [0.4, 0.5) is 5.13 Å². The van der Waals surface area contributed by atoms with Gasteiger partial charge < -0.3 is 14.7 Å². The lowest BCUT2D eigenvalue weighted by Gasteiger charge is -2.04. The molecule has 0 spiro atoms. The van der Waals surface area contributed by atoms with Crippen molar-refractivity contribution >= 4 is 22.5 Å². The Labute approximate surface area is 87.5 Å². The molecule has 0 aliphatic heterocycles. The van der Waals surface area contributed by atoms with Gasteiger partial charge in [-0.05, 0) is 6.08 Å². The summed E-state index contributed by atoms with van der Waals surface area (Å²) in [4.78, 5) is 7.11. The average Bonchev–Trinajstić information content (AvgIpc) is 2.57. The highest BCUT2D eigenvalue weighted by Gasteiger charge is 2.09. The van der Waals surface area contributed by atoms with Crippen molar-refractivity contribution in [2.75, 3.05) is 32.7 Å². The van der Waals surface area contributed by atoms with Crippen LogP contribution in [0.15, 0.2) is 6.08 Å². The molecule has 0 fully saturated rings. The summed E-state index contributed by atoms with van der Waals surface area (Å²) in [5, 5.41) is 9.54. The van der Waals surface area contributed by atoms with Crippen molar-refractivity contribution < 1.29 is 9.84 Å². The zero-order valence-electron chi connectivity index (χ0n) is 8.52. The molecule has 0 bridgehead atoms. The van der Waals surface area contributed by atoms with Crippen LogP contribution < -0.4 is 9.64 Å². The molecule has 0 atom stereocenters. The summed E-state index contributed by atoms with van der Waals surface area (Å²) in [6.45, 7) is 0.0261. The van der Waals surface area contributed by atoms with Crippen LogP contribution >= 0.6 is 11.3 Å². The molecule has 0 saturated heterocycles. The van der Waals surface area contributed by atoms with E-state index in [4.69, 9.17) is 9.84 Å². The van der Waals surface area contributed by atoms with E-state index in [1.54, 1.807) is 13.2 Å². The van der Waals surface area contributed by atoms with Gasteiger partial charge in [0.2, 0.25) is 5.88 Å². The monoisotopic (exact) mass is 214 g/mol. The van der Waals surface area contributed by atoms with Crippen molar-refractivity contribution in [1.82, 2.24) is 4.98 Å². The van der Waals surface area contributed by atoms with Crippen molar-refractivity contribution in [3.63, 3.8) is 0 Å². The Morgan fingerprint density at radius 2 is 2.29 bits per heavy atom. The van der Waals surface area contributed by atoms with Crippen LogP contribution in [0.25, 0.3) is 6.08 Å². The Bertz CT molecular complexity index is 321. The van der Waals surface area contributed by atoms with E-state index in [9.17, 15) is 0 Å². The molecule has 5 heteroatoms. The molecule has 0 saturated carbocycles. The highest BCUT2D eigenvalue weighted by molar-refractivity contribution is 7.16. The van der Waals surface area contributed by atoms with Crippen LogP contribution in [-0.2, 0) is 0 Å². The van der Waals surface area contributed by atoms with Gasteiger partial charge >= 0.3 is 0 Å². The van der Waals surface area contributed by atoms with Crippen molar-refractivity contribution in [3.05, 3.63) is 11.0 Å².